The molecule has 110 valence electrons. The highest BCUT2D eigenvalue weighted by Gasteiger charge is 2.32. The summed E-state index contributed by atoms with van der Waals surface area (Å²) in [5, 5.41) is 8.00. The number of primary sulfonamides is 1. The van der Waals surface area contributed by atoms with Gasteiger partial charge in [-0.1, -0.05) is 19.1 Å². The van der Waals surface area contributed by atoms with Crippen LogP contribution in [0.1, 0.15) is 38.3 Å². The van der Waals surface area contributed by atoms with Gasteiger partial charge in [0.05, 0.1) is 10.9 Å². The van der Waals surface area contributed by atoms with Crippen LogP contribution in [0, 0.1) is 11.8 Å². The number of hydrogen-bond donors (Lipinski definition) is 2. The van der Waals surface area contributed by atoms with Gasteiger partial charge in [-0.25, -0.2) is 13.6 Å². The van der Waals surface area contributed by atoms with E-state index in [-0.39, 0.29) is 22.8 Å². The van der Waals surface area contributed by atoms with E-state index in [1.165, 1.54) is 12.1 Å². The predicted molar refractivity (Wildman–Crippen MR) is 76.3 cm³/mol. The molecule has 0 bridgehead atoms. The Labute approximate surface area is 119 Å². The van der Waals surface area contributed by atoms with Crippen molar-refractivity contribution in [2.45, 2.75) is 37.6 Å². The first kappa shape index (κ1) is 15.0. The molecule has 1 fully saturated rings. The smallest absolute Gasteiger partial charge is 0.238 e. The van der Waals surface area contributed by atoms with Gasteiger partial charge in [-0.05, 0) is 43.4 Å². The monoisotopic (exact) mass is 296 g/mol. The van der Waals surface area contributed by atoms with E-state index in [0.717, 1.165) is 18.4 Å². The van der Waals surface area contributed by atoms with Crippen LogP contribution in [0.2, 0.25) is 0 Å². The Bertz CT molecular complexity index is 591. The number of nitrogens with two attached hydrogens (primary N) is 1. The number of carbonyl (C=O) groups excluding carboxylic acids is 1. The Kier molecular flexibility index (Phi) is 4.15. The van der Waals surface area contributed by atoms with Gasteiger partial charge < -0.3 is 5.32 Å². The van der Waals surface area contributed by atoms with Crippen LogP contribution in [0.25, 0.3) is 0 Å². The first-order valence-electron chi connectivity index (χ1n) is 6.72. The fourth-order valence-electron chi connectivity index (χ4n) is 2.18. The first-order valence-corrected chi connectivity index (χ1v) is 8.27. The molecule has 1 amide bonds. The van der Waals surface area contributed by atoms with Crippen LogP contribution in [0.5, 0.6) is 0 Å². The van der Waals surface area contributed by atoms with Crippen molar-refractivity contribution in [3.63, 3.8) is 0 Å². The van der Waals surface area contributed by atoms with Crippen LogP contribution in [0.15, 0.2) is 29.2 Å². The normalized spacial score (nSPS) is 18.4. The average Bonchev–Trinajstić information content (AvgIpc) is 3.21. The maximum absolute atomic E-state index is 12.0. The Morgan fingerprint density at radius 3 is 2.25 bits per heavy atom. The van der Waals surface area contributed by atoms with Gasteiger partial charge in [0.25, 0.3) is 0 Å². The second-order valence-corrected chi connectivity index (χ2v) is 7.03. The van der Waals surface area contributed by atoms with Gasteiger partial charge in [0.2, 0.25) is 15.9 Å². The fourth-order valence-corrected chi connectivity index (χ4v) is 2.70. The fraction of sp³-hybridized carbons (Fsp3) is 0.500. The molecular formula is C14H20N2O3S. The van der Waals surface area contributed by atoms with Crippen molar-refractivity contribution >= 4 is 15.9 Å². The number of hydrogen-bond acceptors (Lipinski definition) is 3. The van der Waals surface area contributed by atoms with E-state index in [2.05, 4.69) is 5.32 Å². The molecule has 0 spiro atoms. The molecule has 0 aliphatic heterocycles. The molecule has 0 saturated heterocycles. The van der Waals surface area contributed by atoms with E-state index >= 15 is 0 Å². The van der Waals surface area contributed by atoms with Gasteiger partial charge in [-0.15, -0.1) is 0 Å². The number of benzene rings is 1. The third kappa shape index (κ3) is 3.58. The average molecular weight is 296 g/mol. The van der Waals surface area contributed by atoms with E-state index in [0.29, 0.717) is 5.92 Å². The van der Waals surface area contributed by atoms with Gasteiger partial charge in [0, 0.05) is 5.92 Å². The zero-order chi connectivity index (χ0) is 14.9. The summed E-state index contributed by atoms with van der Waals surface area (Å²) in [5.41, 5.74) is 0.855. The molecule has 3 N–H and O–H groups in total. The number of rotatable bonds is 5. The van der Waals surface area contributed by atoms with Crippen LogP contribution < -0.4 is 10.5 Å². The molecule has 20 heavy (non-hydrogen) atoms. The lowest BCUT2D eigenvalue weighted by Gasteiger charge is -2.18. The molecule has 1 saturated carbocycles. The number of nitrogens with one attached hydrogen (secondary N) is 1. The summed E-state index contributed by atoms with van der Waals surface area (Å²) in [6.07, 6.45) is 2.26. The van der Waals surface area contributed by atoms with E-state index in [4.69, 9.17) is 5.14 Å². The number of amides is 1. The van der Waals surface area contributed by atoms with Crippen LogP contribution in [0.3, 0.4) is 0 Å². The second kappa shape index (κ2) is 5.54. The van der Waals surface area contributed by atoms with Gasteiger partial charge in [-0.2, -0.15) is 0 Å². The molecule has 1 aromatic rings. The summed E-state index contributed by atoms with van der Waals surface area (Å²) >= 11 is 0. The minimum atomic E-state index is -3.67. The number of carbonyl (C=O) groups is 1. The molecule has 1 aliphatic rings. The predicted octanol–water partition coefficient (Wildman–Crippen LogP) is 1.56. The molecule has 1 aromatic carbocycles. The summed E-state index contributed by atoms with van der Waals surface area (Å²) < 4.78 is 22.3. The topological polar surface area (TPSA) is 89.3 Å². The van der Waals surface area contributed by atoms with E-state index in [1.54, 1.807) is 12.1 Å². The Morgan fingerprint density at radius 2 is 1.80 bits per heavy atom. The molecular weight excluding hydrogens is 276 g/mol. The van der Waals surface area contributed by atoms with Crippen molar-refractivity contribution in [1.82, 2.24) is 5.32 Å². The highest BCUT2D eigenvalue weighted by atomic mass is 32.2. The highest BCUT2D eigenvalue weighted by molar-refractivity contribution is 7.89. The Balaban J connectivity index is 2.02. The van der Waals surface area contributed by atoms with Crippen LogP contribution in [-0.2, 0) is 14.8 Å². The van der Waals surface area contributed by atoms with E-state index in [9.17, 15) is 13.2 Å². The van der Waals surface area contributed by atoms with Crippen LogP contribution in [-0.4, -0.2) is 14.3 Å². The Morgan fingerprint density at radius 1 is 1.25 bits per heavy atom. The maximum Gasteiger partial charge on any atom is 0.238 e. The van der Waals surface area contributed by atoms with Crippen molar-refractivity contribution in [1.29, 1.82) is 0 Å². The molecule has 2 unspecified atom stereocenters. The maximum atomic E-state index is 12.0. The van der Waals surface area contributed by atoms with Gasteiger partial charge in [0.15, 0.2) is 0 Å². The van der Waals surface area contributed by atoms with Gasteiger partial charge in [-0.3, -0.25) is 4.79 Å². The largest absolute Gasteiger partial charge is 0.349 e. The molecule has 6 heteroatoms. The molecule has 0 aromatic heterocycles. The molecule has 1 aliphatic carbocycles. The number of sulfonamides is 1. The second-order valence-electron chi connectivity index (χ2n) is 5.47. The molecule has 2 atom stereocenters. The lowest BCUT2D eigenvalue weighted by atomic mass is 10.0. The molecule has 0 heterocycles. The summed E-state index contributed by atoms with van der Waals surface area (Å²) in [5.74, 6) is 0.614. The van der Waals surface area contributed by atoms with Crippen molar-refractivity contribution in [2.24, 2.45) is 17.0 Å². The Hall–Kier alpha value is -1.40. The molecule has 5 nitrogen and oxygen atoms in total. The quantitative estimate of drug-likeness (QED) is 0.864. The zero-order valence-electron chi connectivity index (χ0n) is 11.7. The summed E-state index contributed by atoms with van der Waals surface area (Å²) in [6, 6.07) is 6.10. The standard InChI is InChI=1S/C14H20N2O3S/c1-9(11-3-4-11)14(17)16-10(2)12-5-7-13(8-6-12)20(15,18)19/h5-11H,3-4H2,1-2H3,(H,16,17)(H2,15,18,19). The highest BCUT2D eigenvalue weighted by Crippen LogP contribution is 2.36. The van der Waals surface area contributed by atoms with E-state index < -0.39 is 10.0 Å². The minimum absolute atomic E-state index is 0.0427. The van der Waals surface area contributed by atoms with E-state index in [1.807, 2.05) is 13.8 Å². The van der Waals surface area contributed by atoms with Crippen LogP contribution >= 0.6 is 0 Å². The lowest BCUT2D eigenvalue weighted by Crippen LogP contribution is -2.32. The molecule has 0 radical (unpaired) electrons. The summed E-state index contributed by atoms with van der Waals surface area (Å²) in [4.78, 5) is 12.1. The van der Waals surface area contributed by atoms with Crippen molar-refractivity contribution in [3.05, 3.63) is 29.8 Å². The molecule has 2 rings (SSSR count). The van der Waals surface area contributed by atoms with Crippen molar-refractivity contribution < 1.29 is 13.2 Å². The third-order valence-corrected chi connectivity index (χ3v) is 4.74. The van der Waals surface area contributed by atoms with Gasteiger partial charge >= 0.3 is 0 Å². The van der Waals surface area contributed by atoms with Gasteiger partial charge in [0.1, 0.15) is 0 Å². The van der Waals surface area contributed by atoms with Crippen LogP contribution in [0.4, 0.5) is 0 Å². The lowest BCUT2D eigenvalue weighted by molar-refractivity contribution is -0.125. The summed E-state index contributed by atoms with van der Waals surface area (Å²) in [7, 11) is -3.67. The SMILES string of the molecule is CC(NC(=O)C(C)C1CC1)c1ccc(S(N)(=O)=O)cc1. The first-order chi connectivity index (χ1) is 9.29. The van der Waals surface area contributed by atoms with Crippen molar-refractivity contribution in [2.75, 3.05) is 0 Å². The third-order valence-electron chi connectivity index (χ3n) is 3.81. The minimum Gasteiger partial charge on any atom is -0.349 e. The summed E-state index contributed by atoms with van der Waals surface area (Å²) in [6.45, 7) is 3.83. The zero-order valence-corrected chi connectivity index (χ0v) is 12.5. The van der Waals surface area contributed by atoms with Crippen molar-refractivity contribution in [3.8, 4) is 0 Å².